The molecule has 22 heavy (non-hydrogen) atoms. The Morgan fingerprint density at radius 3 is 2.45 bits per heavy atom. The summed E-state index contributed by atoms with van der Waals surface area (Å²) in [6.45, 7) is 3.13. The van der Waals surface area contributed by atoms with Gasteiger partial charge in [-0.3, -0.25) is 4.79 Å². The minimum atomic E-state index is 0.0196. The third kappa shape index (κ3) is 3.80. The number of anilines is 1. The van der Waals surface area contributed by atoms with Crippen molar-refractivity contribution < 1.29 is 4.79 Å². The molecule has 0 aromatic heterocycles. The fraction of sp³-hybridized carbons (Fsp3) is 0.278. The molecule has 0 heterocycles. The number of carbonyl (C=O) groups excluding carboxylic acids is 1. The Balaban J connectivity index is 2.22. The molecule has 2 aromatic rings. The van der Waals surface area contributed by atoms with Gasteiger partial charge in [-0.05, 0) is 36.8 Å². The van der Waals surface area contributed by atoms with E-state index in [0.29, 0.717) is 23.7 Å². The molecule has 0 radical (unpaired) electrons. The predicted octanol–water partition coefficient (Wildman–Crippen LogP) is 4.07. The average molecular weight is 317 g/mol. The number of halogens is 1. The first-order valence-corrected chi connectivity index (χ1v) is 7.70. The zero-order valence-electron chi connectivity index (χ0n) is 13.2. The summed E-state index contributed by atoms with van der Waals surface area (Å²) in [5.41, 5.74) is 2.67. The normalized spacial score (nSPS) is 10.4. The van der Waals surface area contributed by atoms with E-state index >= 15 is 0 Å². The first-order chi connectivity index (χ1) is 10.5. The van der Waals surface area contributed by atoms with Crippen molar-refractivity contribution in [3.63, 3.8) is 0 Å². The average Bonchev–Trinajstić information content (AvgIpc) is 2.53. The Bertz CT molecular complexity index is 655. The maximum Gasteiger partial charge on any atom is 0.254 e. The summed E-state index contributed by atoms with van der Waals surface area (Å²) >= 11 is 6.20. The lowest BCUT2D eigenvalue weighted by atomic mass is 10.1. The van der Waals surface area contributed by atoms with Crippen molar-refractivity contribution in [3.05, 3.63) is 64.7 Å². The molecule has 0 aliphatic heterocycles. The molecule has 3 nitrogen and oxygen atoms in total. The van der Waals surface area contributed by atoms with Crippen LogP contribution in [0.3, 0.4) is 0 Å². The van der Waals surface area contributed by atoms with Crippen molar-refractivity contribution in [1.29, 1.82) is 0 Å². The number of rotatable bonds is 5. The minimum absolute atomic E-state index is 0.0196. The van der Waals surface area contributed by atoms with Crippen LogP contribution >= 0.6 is 11.6 Å². The van der Waals surface area contributed by atoms with Gasteiger partial charge in [-0.2, -0.15) is 0 Å². The second kappa shape index (κ2) is 7.32. The highest BCUT2D eigenvalue weighted by Crippen LogP contribution is 2.20. The Kier molecular flexibility index (Phi) is 5.45. The maximum absolute atomic E-state index is 12.7. The monoisotopic (exact) mass is 316 g/mol. The fourth-order valence-electron chi connectivity index (χ4n) is 2.26. The Labute approximate surface area is 137 Å². The van der Waals surface area contributed by atoms with Gasteiger partial charge in [-0.25, -0.2) is 0 Å². The van der Waals surface area contributed by atoms with Crippen LogP contribution < -0.4 is 4.90 Å². The molecule has 4 heteroatoms. The Hall–Kier alpha value is -2.00. The summed E-state index contributed by atoms with van der Waals surface area (Å²) in [7, 11) is 3.93. The van der Waals surface area contributed by atoms with E-state index in [0.717, 1.165) is 11.3 Å². The molecule has 0 saturated heterocycles. The third-order valence-electron chi connectivity index (χ3n) is 3.60. The lowest BCUT2D eigenvalue weighted by Gasteiger charge is -2.22. The Morgan fingerprint density at radius 2 is 1.82 bits per heavy atom. The number of benzene rings is 2. The van der Waals surface area contributed by atoms with Crippen molar-refractivity contribution in [3.8, 4) is 0 Å². The fourth-order valence-corrected chi connectivity index (χ4v) is 2.45. The molecule has 0 aliphatic rings. The highest BCUT2D eigenvalue weighted by atomic mass is 35.5. The standard InChI is InChI=1S/C18H21ClN2O/c1-4-21(13-15-8-5-6-11-17(15)19)18(22)14-9-7-10-16(12-14)20(2)3/h5-12H,4,13H2,1-3H3. The van der Waals surface area contributed by atoms with Crippen LogP contribution in [0.2, 0.25) is 5.02 Å². The van der Waals surface area contributed by atoms with Crippen molar-refractivity contribution in [2.45, 2.75) is 13.5 Å². The second-order valence-electron chi connectivity index (χ2n) is 5.36. The topological polar surface area (TPSA) is 23.6 Å². The Morgan fingerprint density at radius 1 is 1.09 bits per heavy atom. The van der Waals surface area contributed by atoms with Gasteiger partial charge in [-0.1, -0.05) is 35.9 Å². The van der Waals surface area contributed by atoms with Crippen LogP contribution in [0.15, 0.2) is 48.5 Å². The van der Waals surface area contributed by atoms with E-state index in [1.807, 2.05) is 74.4 Å². The summed E-state index contributed by atoms with van der Waals surface area (Å²) < 4.78 is 0. The van der Waals surface area contributed by atoms with E-state index < -0.39 is 0 Å². The van der Waals surface area contributed by atoms with Crippen molar-refractivity contribution >= 4 is 23.2 Å². The number of amides is 1. The highest BCUT2D eigenvalue weighted by molar-refractivity contribution is 6.31. The third-order valence-corrected chi connectivity index (χ3v) is 3.97. The van der Waals surface area contributed by atoms with Gasteiger partial charge in [0, 0.05) is 43.5 Å². The second-order valence-corrected chi connectivity index (χ2v) is 5.76. The smallest absolute Gasteiger partial charge is 0.254 e. The van der Waals surface area contributed by atoms with E-state index in [9.17, 15) is 4.79 Å². The molecule has 0 fully saturated rings. The number of hydrogen-bond acceptors (Lipinski definition) is 2. The molecule has 0 spiro atoms. The molecule has 0 aliphatic carbocycles. The van der Waals surface area contributed by atoms with E-state index in [-0.39, 0.29) is 5.91 Å². The van der Waals surface area contributed by atoms with E-state index in [2.05, 4.69) is 0 Å². The van der Waals surface area contributed by atoms with E-state index in [1.165, 1.54) is 0 Å². The largest absolute Gasteiger partial charge is 0.378 e. The zero-order chi connectivity index (χ0) is 16.1. The molecule has 0 unspecified atom stereocenters. The van der Waals surface area contributed by atoms with Crippen molar-refractivity contribution in [2.75, 3.05) is 25.5 Å². The van der Waals surface area contributed by atoms with Crippen LogP contribution in [0.1, 0.15) is 22.8 Å². The lowest BCUT2D eigenvalue weighted by Crippen LogP contribution is -2.30. The number of carbonyl (C=O) groups is 1. The zero-order valence-corrected chi connectivity index (χ0v) is 14.0. The van der Waals surface area contributed by atoms with Crippen LogP contribution in [-0.4, -0.2) is 31.4 Å². The first-order valence-electron chi connectivity index (χ1n) is 7.33. The highest BCUT2D eigenvalue weighted by Gasteiger charge is 2.16. The van der Waals surface area contributed by atoms with Crippen LogP contribution in [0.4, 0.5) is 5.69 Å². The van der Waals surface area contributed by atoms with Crippen molar-refractivity contribution in [1.82, 2.24) is 4.90 Å². The van der Waals surface area contributed by atoms with Crippen LogP contribution in [0.25, 0.3) is 0 Å². The van der Waals surface area contributed by atoms with Gasteiger partial charge in [0.25, 0.3) is 5.91 Å². The summed E-state index contributed by atoms with van der Waals surface area (Å²) in [5, 5.41) is 0.691. The maximum atomic E-state index is 12.7. The summed E-state index contributed by atoms with van der Waals surface area (Å²) in [4.78, 5) is 16.5. The van der Waals surface area contributed by atoms with E-state index in [1.54, 1.807) is 4.90 Å². The van der Waals surface area contributed by atoms with Gasteiger partial charge in [0.2, 0.25) is 0 Å². The first kappa shape index (κ1) is 16.4. The van der Waals surface area contributed by atoms with Crippen LogP contribution in [-0.2, 0) is 6.54 Å². The van der Waals surface area contributed by atoms with Crippen LogP contribution in [0, 0.1) is 0 Å². The van der Waals surface area contributed by atoms with Gasteiger partial charge in [0.15, 0.2) is 0 Å². The van der Waals surface area contributed by atoms with Gasteiger partial charge in [-0.15, -0.1) is 0 Å². The number of nitrogens with zero attached hydrogens (tertiary/aromatic N) is 2. The molecule has 1 amide bonds. The van der Waals surface area contributed by atoms with Crippen molar-refractivity contribution in [2.24, 2.45) is 0 Å². The molecule has 0 saturated carbocycles. The molecule has 0 N–H and O–H groups in total. The molecular formula is C18H21ClN2O. The van der Waals surface area contributed by atoms with Gasteiger partial charge >= 0.3 is 0 Å². The van der Waals surface area contributed by atoms with Gasteiger partial charge < -0.3 is 9.80 Å². The van der Waals surface area contributed by atoms with Gasteiger partial charge in [0.1, 0.15) is 0 Å². The van der Waals surface area contributed by atoms with Gasteiger partial charge in [0.05, 0.1) is 0 Å². The molecular weight excluding hydrogens is 296 g/mol. The number of hydrogen-bond donors (Lipinski definition) is 0. The SMILES string of the molecule is CCN(Cc1ccccc1Cl)C(=O)c1cccc(N(C)C)c1. The predicted molar refractivity (Wildman–Crippen MR) is 92.6 cm³/mol. The molecule has 2 aromatic carbocycles. The molecule has 0 bridgehead atoms. The summed E-state index contributed by atoms with van der Waals surface area (Å²) in [6, 6.07) is 15.3. The lowest BCUT2D eigenvalue weighted by molar-refractivity contribution is 0.0752. The minimum Gasteiger partial charge on any atom is -0.378 e. The van der Waals surface area contributed by atoms with E-state index in [4.69, 9.17) is 11.6 Å². The molecule has 2 rings (SSSR count). The van der Waals surface area contributed by atoms with Crippen LogP contribution in [0.5, 0.6) is 0 Å². The summed E-state index contributed by atoms with van der Waals surface area (Å²) in [6.07, 6.45) is 0. The summed E-state index contributed by atoms with van der Waals surface area (Å²) in [5.74, 6) is 0.0196. The quantitative estimate of drug-likeness (QED) is 0.830. The molecule has 0 atom stereocenters. The molecule has 116 valence electrons.